The number of amides is 8. The van der Waals surface area contributed by atoms with Gasteiger partial charge in [0.15, 0.2) is 28.0 Å². The molecule has 16 rings (SSSR count). The Morgan fingerprint density at radius 3 is 2.08 bits per heavy atom. The van der Waals surface area contributed by atoms with E-state index in [0.717, 1.165) is 39.5 Å². The van der Waals surface area contributed by atoms with E-state index in [4.69, 9.17) is 41.9 Å². The lowest BCUT2D eigenvalue weighted by Crippen LogP contribution is -2.74. The molecule has 5 atom stereocenters. The van der Waals surface area contributed by atoms with Gasteiger partial charge in [-0.1, -0.05) is 64.9 Å². The van der Waals surface area contributed by atoms with Gasteiger partial charge < -0.3 is 78.0 Å². The fourth-order valence-corrected chi connectivity index (χ4v) is 15.1. The Morgan fingerprint density at radius 1 is 0.795 bits per heavy atom. The van der Waals surface area contributed by atoms with E-state index in [1.54, 1.807) is 133 Å². The number of carbonyl (C=O) groups excluding carboxylic acids is 11. The van der Waals surface area contributed by atoms with Crippen molar-refractivity contribution in [3.63, 3.8) is 0 Å². The Bertz CT molecular complexity index is 6850. The summed E-state index contributed by atoms with van der Waals surface area (Å²) in [6.45, 7) is 5.12. The molecule has 146 heavy (non-hydrogen) atoms. The number of thioether (sulfide) groups is 2. The number of Topliss-reactive ketones (excluding diaryl/α,β-unsaturated/α-hetero) is 2. The molecule has 11 N–H and O–H groups in total. The molecule has 12 heterocycles. The van der Waals surface area contributed by atoms with Gasteiger partial charge in [0, 0.05) is 67.7 Å². The monoisotopic (exact) mass is 2110 g/mol. The van der Waals surface area contributed by atoms with E-state index in [1.165, 1.54) is 88.1 Å². The number of esters is 1. The average Bonchev–Trinajstić information content (AvgIpc) is 1.39. The van der Waals surface area contributed by atoms with Crippen molar-refractivity contribution in [2.75, 3.05) is 50.7 Å². The zero-order chi connectivity index (χ0) is 106. The molecule has 11 aromatic rings. The fourth-order valence-electron chi connectivity index (χ4n) is 13.4. The van der Waals surface area contributed by atoms with Crippen LogP contribution < -0.4 is 47.5 Å². The number of alkyl halides is 3. The third-order valence-electron chi connectivity index (χ3n) is 20.3. The number of aromatic amines is 1. The smallest absolute Gasteiger partial charge is 0.442 e. The van der Waals surface area contributed by atoms with Crippen LogP contribution in [-0.4, -0.2) is 221 Å². The van der Waals surface area contributed by atoms with Crippen molar-refractivity contribution < 1.29 is 127 Å². The van der Waals surface area contributed by atoms with E-state index in [-0.39, 0.29) is 102 Å². The number of hydrogen-bond acceptors (Lipinski definition) is 35. The van der Waals surface area contributed by atoms with Crippen molar-refractivity contribution in [1.82, 2.24) is 62.5 Å². The van der Waals surface area contributed by atoms with Gasteiger partial charge in [-0.2, -0.15) is 50.6 Å². The van der Waals surface area contributed by atoms with Crippen molar-refractivity contribution in [3.8, 4) is 23.1 Å². The summed E-state index contributed by atoms with van der Waals surface area (Å²) in [6, 6.07) is 43.2. The molecule has 0 bridgehead atoms. The summed E-state index contributed by atoms with van der Waals surface area (Å²) in [5.74, 6) is -4.97. The Morgan fingerprint density at radius 2 is 1.47 bits per heavy atom. The van der Waals surface area contributed by atoms with Gasteiger partial charge in [0.2, 0.25) is 17.6 Å². The molecule has 0 aliphatic carbocycles. The van der Waals surface area contributed by atoms with Crippen LogP contribution in [0.5, 0.6) is 5.75 Å². The van der Waals surface area contributed by atoms with Gasteiger partial charge in [0.25, 0.3) is 42.0 Å². The topological polar surface area (TPSA) is 626 Å². The molecule has 0 spiro atoms. The summed E-state index contributed by atoms with van der Waals surface area (Å²) in [4.78, 5) is 170. The van der Waals surface area contributed by atoms with E-state index in [1.807, 2.05) is 62.6 Å². The predicted molar refractivity (Wildman–Crippen MR) is 526 cm³/mol. The largest absolute Gasteiger partial charge is 0.497 e. The number of para-hydroxylation sites is 1. The van der Waals surface area contributed by atoms with Crippen LogP contribution in [0.4, 0.5) is 19.0 Å². The molecule has 8 amide bonds. The molecular weight excluding hydrogens is 2020 g/mol. The second-order valence-electron chi connectivity index (χ2n) is 30.6. The highest BCUT2D eigenvalue weighted by atomic mass is 79.9. The number of nitriles is 1. The quantitative estimate of drug-likeness (QED) is 0.00355. The van der Waals surface area contributed by atoms with Gasteiger partial charge in [0.05, 0.1) is 82.1 Å². The number of nitro groups is 1. The number of furan rings is 5. The minimum absolute atomic E-state index is 0.0164. The number of aromatic nitrogens is 4. The van der Waals surface area contributed by atoms with Crippen LogP contribution >= 0.6 is 39.5 Å². The van der Waals surface area contributed by atoms with Crippen LogP contribution in [0.3, 0.4) is 0 Å². The maximum Gasteiger partial charge on any atom is 0.442 e. The first-order valence-electron chi connectivity index (χ1n) is 43.7. The van der Waals surface area contributed by atoms with Gasteiger partial charge in [-0.25, -0.2) is 30.4 Å². The normalized spacial score (nSPS) is 16.0. The summed E-state index contributed by atoms with van der Waals surface area (Å²) in [7, 11) is 1.39. The van der Waals surface area contributed by atoms with E-state index in [9.17, 15) is 90.7 Å². The lowest BCUT2D eigenvalue weighted by molar-refractivity contribution is -0.466. The number of nitrogens with zero attached hydrogens (tertiary/aromatic N) is 10. The molecule has 2 fully saturated rings. The molecule has 5 unspecified atom stereocenters. The highest BCUT2D eigenvalue weighted by Gasteiger charge is 2.68. The number of benzene rings is 4. The summed E-state index contributed by atoms with van der Waals surface area (Å²) < 4.78 is 84.2. The summed E-state index contributed by atoms with van der Waals surface area (Å²) in [5, 5.41) is 73.7. The first-order chi connectivity index (χ1) is 70.0. The number of nitrogens with one attached hydrogen (secondary N) is 9. The number of carbonyl (C=O) groups is 13. The molecular formula is C96H91BrF3N19O25S2. The van der Waals surface area contributed by atoms with Crippen molar-refractivity contribution in [3.05, 3.63) is 283 Å². The van der Waals surface area contributed by atoms with Gasteiger partial charge in [-0.05, 0) is 197 Å². The van der Waals surface area contributed by atoms with Gasteiger partial charge in [0.1, 0.15) is 81.0 Å². The van der Waals surface area contributed by atoms with Crippen LogP contribution in [0, 0.1) is 28.4 Å². The molecule has 760 valence electrons. The number of methoxy groups -OCH3 is 1. The number of likely N-dealkylation sites (tertiary alicyclic amines) is 1. The second-order valence-corrected chi connectivity index (χ2v) is 33.6. The fraction of sp³-hybridized carbons (Fsp3) is 0.240. The molecule has 44 nitrogen and oxygen atoms in total. The number of hydrogen-bond donors (Lipinski definition) is 11. The number of carboxylic acid groups (broad SMARTS) is 2. The molecule has 50 heteroatoms. The first-order valence-corrected chi connectivity index (χ1v) is 46.7. The number of imide groups is 1. The maximum absolute atomic E-state index is 14.0. The first kappa shape index (κ1) is 110. The number of amidine groups is 1. The number of aliphatic carboxylic acids is 2. The standard InChI is InChI=1S/C22H17BrN2O4.C17H19F3N2O5.C15H15N3O3S.C14H13N3O3.C10H10N4O2.C10H9N3O4S.C8H8N2O4/c1-3-4-19(26)17-9-13(23)5-7-15(17)20-8-6-14(29-20)10-16-12(2)18(11-24)22(28)25-21(16)27;1-3-27-15(25)16(17(18,19)20,22-10-4-5-13(22)23)21-14(24)11-6-8-12(26-2)9-7-11;1-22-7-6-10(15(19)20)18-14-13-12(16-8-17-14)9-4-2-3-5-11(9)21-13;18-13(17-16-9-12-7-4-8-20-12)10-15-14(19)11-5-2-1-3-6-11;1-7-5-9(13-12-7)10(15)14-11-6-8-3-2-4-16-8;14-8(15)4-7-9(16)12-10(18-7)13-11-5-6-2-1-3-17-6;11-7(4-10(12)13)6-3-8-5(9-6)1-2-14-8/h5-10H,3-4H2,1-2H3,(H,25,27,28);6-9H,3-5,10H2,1-2H3,(H,21,24);2-5,8,10H,6-7H2,1H3,(H,19,20)(H,16,17,18);1-9H,10H2,(H,15,19)(H,17,18);2-6H,1H3,(H,12,13)(H,14,15);1-3,5,7H,4H2,(H,14,15)(H,12,13,16);1-3,5,8-9H,4H2/b16-10-;;;16-9+;11-6+;11-5+;. The zero-order valence-corrected chi connectivity index (χ0v) is 81.2. The summed E-state index contributed by atoms with van der Waals surface area (Å²) in [6.07, 6.45) is 14.4. The number of rotatable bonds is 32. The van der Waals surface area contributed by atoms with Crippen LogP contribution in [0.15, 0.2) is 265 Å². The molecule has 5 aliphatic rings. The molecule has 5 aliphatic heterocycles. The van der Waals surface area contributed by atoms with Crippen molar-refractivity contribution in [2.45, 2.75) is 101 Å². The second kappa shape index (κ2) is 53.9. The van der Waals surface area contributed by atoms with Crippen LogP contribution in [-0.2, 0) is 52.6 Å². The van der Waals surface area contributed by atoms with Gasteiger partial charge in [-0.3, -0.25) is 73.3 Å². The number of ketones is 2. The predicted octanol–water partition coefficient (Wildman–Crippen LogP) is 11.9. The number of H-pyrrole nitrogens is 1. The van der Waals surface area contributed by atoms with Crippen LogP contribution in [0.25, 0.3) is 39.5 Å². The Labute approximate surface area is 843 Å². The number of halogens is 4. The van der Waals surface area contributed by atoms with Crippen molar-refractivity contribution >= 4 is 174 Å². The number of aryl methyl sites for hydroxylation is 1. The Hall–Kier alpha value is -17.5. The number of fused-ring (bicyclic) bond motifs is 4. The van der Waals surface area contributed by atoms with Gasteiger partial charge in [-0.15, -0.1) is 5.10 Å². The summed E-state index contributed by atoms with van der Waals surface area (Å²) >= 11 is 6.05. The maximum atomic E-state index is 14.0. The molecule has 2 saturated heterocycles. The number of carboxylic acids is 2. The summed E-state index contributed by atoms with van der Waals surface area (Å²) in [5.41, 5.74) is 6.24. The van der Waals surface area contributed by atoms with Crippen LogP contribution in [0.1, 0.15) is 130 Å². The molecule has 0 radical (unpaired) electrons. The Balaban J connectivity index is 0.000000177. The average molecular weight is 2110 g/mol. The lowest BCUT2D eigenvalue weighted by atomic mass is 9.96. The van der Waals surface area contributed by atoms with E-state index < -0.39 is 87.8 Å². The Kier molecular flexibility index (Phi) is 40.8. The third-order valence-corrected chi connectivity index (χ3v) is 22.5. The highest BCUT2D eigenvalue weighted by molar-refractivity contribution is 9.10. The lowest BCUT2D eigenvalue weighted by Gasteiger charge is -2.40. The van der Waals surface area contributed by atoms with E-state index in [0.29, 0.717) is 103 Å². The number of ether oxygens (including phenoxy) is 3. The molecule has 0 saturated carbocycles. The minimum atomic E-state index is -5.29. The minimum Gasteiger partial charge on any atom is -0.497 e. The molecule has 4 aromatic carbocycles. The molecule has 7 aromatic heterocycles. The van der Waals surface area contributed by atoms with Crippen molar-refractivity contribution in [2.24, 2.45) is 20.4 Å². The van der Waals surface area contributed by atoms with E-state index in [2.05, 4.69) is 98.7 Å². The van der Waals surface area contributed by atoms with Crippen molar-refractivity contribution in [1.29, 1.82) is 5.26 Å². The third kappa shape index (κ3) is 31.3. The number of anilines is 1. The van der Waals surface area contributed by atoms with Gasteiger partial charge >= 0.3 is 29.7 Å². The highest BCUT2D eigenvalue weighted by Crippen LogP contribution is 2.39. The van der Waals surface area contributed by atoms with E-state index >= 15 is 0 Å². The van der Waals surface area contributed by atoms with Crippen LogP contribution in [0.2, 0.25) is 0 Å². The number of hydrazone groups is 2. The zero-order valence-electron chi connectivity index (χ0n) is 78.0. The SMILES string of the molecule is CCCC(=O)c1cc(Br)ccc1-c1ccc(/C=C2\C(=O)NC(=O)C(C#N)=C2C)o1.CCOC(=O)C(NC(=O)c1ccc(OC)cc1)(N1CCCC1=O)C(F)(F)F.CSCCC(Nc1ncnc2c1oc1ccccc12)C(=O)O.Cc1cc(C(=O)N/N=C/c2ccco2)n[nH]1.O=C(CNC(=O)c1ccccc1)N/N=C/c1ccco1.O=C(C[N+](=O)[O-])C1=CC2OC=CC2N1.O=C(O)CC1S/C(=N/N=C/c2ccco2)NC1=O.